The SMILES string of the molecule is CCCCc1nc2cnc3cc(-c4cccnc4)ccc3c2n1CCOC(=O)NC(C)(C)C. The summed E-state index contributed by atoms with van der Waals surface area (Å²) >= 11 is 0. The van der Waals surface area contributed by atoms with Gasteiger partial charge in [0.15, 0.2) is 0 Å². The maximum atomic E-state index is 12.1. The quantitative estimate of drug-likeness (QED) is 0.405. The van der Waals surface area contributed by atoms with Crippen LogP contribution in [0.15, 0.2) is 48.9 Å². The molecule has 0 atom stereocenters. The second-order valence-corrected chi connectivity index (χ2v) is 9.26. The molecular weight excluding hydrogens is 414 g/mol. The fraction of sp³-hybridized carbons (Fsp3) is 0.385. The number of rotatable bonds is 7. The Morgan fingerprint density at radius 1 is 1.12 bits per heavy atom. The van der Waals surface area contributed by atoms with E-state index >= 15 is 0 Å². The highest BCUT2D eigenvalue weighted by molar-refractivity contribution is 6.03. The Bertz CT molecular complexity index is 1260. The zero-order valence-corrected chi connectivity index (χ0v) is 19.8. The minimum Gasteiger partial charge on any atom is -0.448 e. The number of unbranched alkanes of at least 4 members (excludes halogenated alkanes) is 1. The number of imidazole rings is 1. The van der Waals surface area contributed by atoms with Crippen molar-refractivity contribution in [1.82, 2.24) is 24.8 Å². The number of carbonyl (C=O) groups excluding carboxylic acids is 1. The molecule has 1 amide bonds. The molecule has 0 radical (unpaired) electrons. The van der Waals surface area contributed by atoms with Gasteiger partial charge in [0.2, 0.25) is 0 Å². The Kier molecular flexibility index (Phi) is 6.58. The molecule has 0 aliphatic heterocycles. The first-order valence-electron chi connectivity index (χ1n) is 11.5. The van der Waals surface area contributed by atoms with Crippen LogP contribution in [0.4, 0.5) is 4.79 Å². The van der Waals surface area contributed by atoms with Crippen molar-refractivity contribution in [3.8, 4) is 11.1 Å². The Balaban J connectivity index is 1.69. The van der Waals surface area contributed by atoms with Gasteiger partial charge in [0, 0.05) is 35.3 Å². The molecule has 3 aromatic heterocycles. The summed E-state index contributed by atoms with van der Waals surface area (Å²) in [7, 11) is 0. The van der Waals surface area contributed by atoms with Crippen LogP contribution in [0, 0.1) is 0 Å². The first-order chi connectivity index (χ1) is 15.9. The number of nitrogens with one attached hydrogen (secondary N) is 1. The minimum atomic E-state index is -0.408. The second-order valence-electron chi connectivity index (χ2n) is 9.26. The predicted molar refractivity (Wildman–Crippen MR) is 131 cm³/mol. The van der Waals surface area contributed by atoms with Crippen molar-refractivity contribution < 1.29 is 9.53 Å². The predicted octanol–water partition coefficient (Wildman–Crippen LogP) is 5.51. The van der Waals surface area contributed by atoms with Gasteiger partial charge in [-0.25, -0.2) is 9.78 Å². The van der Waals surface area contributed by atoms with Crippen molar-refractivity contribution in [2.24, 2.45) is 0 Å². The number of aromatic nitrogens is 4. The van der Waals surface area contributed by atoms with E-state index in [-0.39, 0.29) is 12.1 Å². The molecule has 0 aliphatic rings. The standard InChI is InChI=1S/C26H31N5O2/c1-5-6-9-23-29-22-17-28-21-15-18(19-8-7-12-27-16-19)10-11-20(21)24(22)31(23)13-14-33-25(32)30-26(2,3)4/h7-8,10-12,15-17H,5-6,9,13-14H2,1-4H3,(H,30,32). The summed E-state index contributed by atoms with van der Waals surface area (Å²) in [6.07, 6.45) is 8.05. The molecule has 1 N–H and O–H groups in total. The van der Waals surface area contributed by atoms with Gasteiger partial charge >= 0.3 is 6.09 Å². The summed E-state index contributed by atoms with van der Waals surface area (Å²) < 4.78 is 7.65. The van der Waals surface area contributed by atoms with E-state index in [0.29, 0.717) is 6.54 Å². The van der Waals surface area contributed by atoms with Crippen LogP contribution in [-0.2, 0) is 17.7 Å². The second kappa shape index (κ2) is 9.57. The lowest BCUT2D eigenvalue weighted by molar-refractivity contribution is 0.133. The molecule has 172 valence electrons. The highest BCUT2D eigenvalue weighted by atomic mass is 16.5. The molecule has 3 heterocycles. The zero-order chi connectivity index (χ0) is 23.4. The largest absolute Gasteiger partial charge is 0.448 e. The van der Waals surface area contributed by atoms with Gasteiger partial charge in [0.25, 0.3) is 0 Å². The Hall–Kier alpha value is -3.48. The molecule has 7 heteroatoms. The third kappa shape index (κ3) is 5.30. The third-order valence-corrected chi connectivity index (χ3v) is 5.43. The number of pyridine rings is 2. The molecule has 0 aliphatic carbocycles. The van der Waals surface area contributed by atoms with Gasteiger partial charge in [-0.2, -0.15) is 0 Å². The molecule has 0 fully saturated rings. The average molecular weight is 446 g/mol. The highest BCUT2D eigenvalue weighted by Crippen LogP contribution is 2.29. The average Bonchev–Trinajstić information content (AvgIpc) is 3.14. The lowest BCUT2D eigenvalue weighted by Crippen LogP contribution is -2.41. The van der Waals surface area contributed by atoms with Crippen molar-refractivity contribution >= 4 is 28.0 Å². The van der Waals surface area contributed by atoms with Crippen LogP contribution in [0.25, 0.3) is 33.1 Å². The Morgan fingerprint density at radius 3 is 2.70 bits per heavy atom. The van der Waals surface area contributed by atoms with Gasteiger partial charge in [-0.15, -0.1) is 0 Å². The number of aryl methyl sites for hydroxylation is 1. The summed E-state index contributed by atoms with van der Waals surface area (Å²) in [6, 6.07) is 10.3. The molecule has 0 saturated heterocycles. The number of alkyl carbamates (subject to hydrolysis) is 1. The summed E-state index contributed by atoms with van der Waals surface area (Å²) in [5, 5.41) is 3.87. The van der Waals surface area contributed by atoms with Crippen molar-refractivity contribution in [2.45, 2.75) is 59.0 Å². The highest BCUT2D eigenvalue weighted by Gasteiger charge is 2.17. The number of nitrogens with zero attached hydrogens (tertiary/aromatic N) is 4. The smallest absolute Gasteiger partial charge is 0.407 e. The van der Waals surface area contributed by atoms with Gasteiger partial charge in [-0.3, -0.25) is 9.97 Å². The molecule has 0 saturated carbocycles. The molecule has 33 heavy (non-hydrogen) atoms. The number of hydrogen-bond acceptors (Lipinski definition) is 5. The molecule has 0 unspecified atom stereocenters. The molecule has 1 aromatic carbocycles. The number of ether oxygens (including phenoxy) is 1. The first kappa shape index (κ1) is 22.7. The summed E-state index contributed by atoms with van der Waals surface area (Å²) in [5.41, 5.74) is 4.58. The molecule has 4 rings (SSSR count). The van der Waals surface area contributed by atoms with Gasteiger partial charge in [0.1, 0.15) is 17.9 Å². The van der Waals surface area contributed by atoms with Gasteiger partial charge < -0.3 is 14.6 Å². The number of benzene rings is 1. The molecule has 4 aromatic rings. The van der Waals surface area contributed by atoms with E-state index < -0.39 is 6.09 Å². The third-order valence-electron chi connectivity index (χ3n) is 5.43. The van der Waals surface area contributed by atoms with Gasteiger partial charge in [-0.05, 0) is 44.9 Å². The summed E-state index contributed by atoms with van der Waals surface area (Å²) in [4.78, 5) is 25.9. The van der Waals surface area contributed by atoms with Crippen molar-refractivity contribution in [3.63, 3.8) is 0 Å². The Labute approximate surface area is 194 Å². The van der Waals surface area contributed by atoms with Gasteiger partial charge in [-0.1, -0.05) is 31.5 Å². The van der Waals surface area contributed by atoms with E-state index in [1.807, 2.05) is 45.3 Å². The van der Waals surface area contributed by atoms with E-state index in [4.69, 9.17) is 9.72 Å². The lowest BCUT2D eigenvalue weighted by atomic mass is 10.0. The van der Waals surface area contributed by atoms with Crippen molar-refractivity contribution in [1.29, 1.82) is 0 Å². The minimum absolute atomic E-state index is 0.268. The maximum absolute atomic E-state index is 12.1. The van der Waals surface area contributed by atoms with Crippen LogP contribution in [0.3, 0.4) is 0 Å². The summed E-state index contributed by atoms with van der Waals surface area (Å²) in [5.74, 6) is 0.998. The van der Waals surface area contributed by atoms with Crippen LogP contribution in [-0.4, -0.2) is 37.8 Å². The van der Waals surface area contributed by atoms with E-state index in [1.165, 1.54) is 0 Å². The number of fused-ring (bicyclic) bond motifs is 3. The molecule has 0 spiro atoms. The van der Waals surface area contributed by atoms with Crippen LogP contribution in [0.2, 0.25) is 0 Å². The van der Waals surface area contributed by atoms with Crippen LogP contribution in [0.1, 0.15) is 46.4 Å². The van der Waals surface area contributed by atoms with E-state index in [2.05, 4.69) is 45.0 Å². The van der Waals surface area contributed by atoms with Crippen LogP contribution >= 0.6 is 0 Å². The van der Waals surface area contributed by atoms with Crippen LogP contribution in [0.5, 0.6) is 0 Å². The Morgan fingerprint density at radius 2 is 1.97 bits per heavy atom. The molecule has 7 nitrogen and oxygen atoms in total. The van der Waals surface area contributed by atoms with Crippen molar-refractivity contribution in [3.05, 3.63) is 54.7 Å². The summed E-state index contributed by atoms with van der Waals surface area (Å²) in [6.45, 7) is 8.77. The number of amides is 1. The lowest BCUT2D eigenvalue weighted by Gasteiger charge is -2.20. The maximum Gasteiger partial charge on any atom is 0.407 e. The fourth-order valence-electron chi connectivity index (χ4n) is 3.91. The van der Waals surface area contributed by atoms with Crippen molar-refractivity contribution in [2.75, 3.05) is 6.61 Å². The number of hydrogen-bond donors (Lipinski definition) is 1. The first-order valence-corrected chi connectivity index (χ1v) is 11.5. The fourth-order valence-corrected chi connectivity index (χ4v) is 3.91. The van der Waals surface area contributed by atoms with Crippen LogP contribution < -0.4 is 5.32 Å². The zero-order valence-electron chi connectivity index (χ0n) is 19.8. The monoisotopic (exact) mass is 445 g/mol. The topological polar surface area (TPSA) is 81.9 Å². The van der Waals surface area contributed by atoms with Gasteiger partial charge in [0.05, 0.1) is 23.8 Å². The molecular formula is C26H31N5O2. The molecule has 0 bridgehead atoms. The van der Waals surface area contributed by atoms with E-state index in [9.17, 15) is 4.79 Å². The van der Waals surface area contributed by atoms with E-state index in [0.717, 1.165) is 58.2 Å². The normalized spacial score (nSPS) is 11.8. The van der Waals surface area contributed by atoms with E-state index in [1.54, 1.807) is 6.20 Å². The number of carbonyl (C=O) groups is 1.